The molecule has 1 unspecified atom stereocenters. The Kier molecular flexibility index (Phi) is 7.84. The van der Waals surface area contributed by atoms with Gasteiger partial charge in [-0.3, -0.25) is 9.59 Å². The van der Waals surface area contributed by atoms with E-state index in [2.05, 4.69) is 48.7 Å². The van der Waals surface area contributed by atoms with Gasteiger partial charge in [0.15, 0.2) is 5.17 Å². The van der Waals surface area contributed by atoms with Crippen LogP contribution in [0.25, 0.3) is 0 Å². The second-order valence-electron chi connectivity index (χ2n) is 9.03. The summed E-state index contributed by atoms with van der Waals surface area (Å²) in [5, 5.41) is 8.62. The molecular formula is C28H32N4O3S. The maximum atomic E-state index is 13.7. The van der Waals surface area contributed by atoms with E-state index < -0.39 is 6.04 Å². The van der Waals surface area contributed by atoms with Crippen LogP contribution in [-0.4, -0.2) is 35.5 Å². The van der Waals surface area contributed by atoms with E-state index in [0.29, 0.717) is 35.2 Å². The van der Waals surface area contributed by atoms with Crippen LogP contribution < -0.4 is 15.4 Å². The van der Waals surface area contributed by atoms with Crippen molar-refractivity contribution < 1.29 is 14.3 Å². The minimum absolute atomic E-state index is 0.0602. The number of nitrogens with zero attached hydrogens (tertiary/aromatic N) is 2. The molecule has 1 atom stereocenters. The van der Waals surface area contributed by atoms with Crippen LogP contribution >= 0.6 is 11.8 Å². The molecule has 2 aliphatic rings. The fourth-order valence-electron chi connectivity index (χ4n) is 4.34. The molecule has 0 fully saturated rings. The van der Waals surface area contributed by atoms with E-state index in [1.165, 1.54) is 17.3 Å². The van der Waals surface area contributed by atoms with Crippen LogP contribution in [0.2, 0.25) is 0 Å². The first-order valence-corrected chi connectivity index (χ1v) is 13.0. The van der Waals surface area contributed by atoms with Crippen molar-refractivity contribution in [3.63, 3.8) is 0 Å². The van der Waals surface area contributed by atoms with E-state index in [4.69, 9.17) is 9.73 Å². The zero-order chi connectivity index (χ0) is 25.8. The van der Waals surface area contributed by atoms with Gasteiger partial charge < -0.3 is 20.3 Å². The van der Waals surface area contributed by atoms with Crippen LogP contribution in [0, 0.1) is 0 Å². The third-order valence-corrected chi connectivity index (χ3v) is 7.12. The summed E-state index contributed by atoms with van der Waals surface area (Å²) in [4.78, 5) is 33.0. The smallest absolute Gasteiger partial charge is 0.255 e. The lowest BCUT2D eigenvalue weighted by molar-refractivity contribution is -0.120. The molecule has 36 heavy (non-hydrogen) atoms. The SMILES string of the molecule is CCNC(=O)CC1=CSC2=NC(C)=C(C(=O)Nc3ccc(OC)cc3)C(c3ccc(C(C)C)cc3)N12. The fraction of sp³-hybridized carbons (Fsp3) is 0.321. The number of allylic oxidation sites excluding steroid dienone is 1. The summed E-state index contributed by atoms with van der Waals surface area (Å²) in [5.74, 6) is 0.823. The van der Waals surface area contributed by atoms with Crippen molar-refractivity contribution in [2.75, 3.05) is 19.0 Å². The first kappa shape index (κ1) is 25.6. The summed E-state index contributed by atoms with van der Waals surface area (Å²) in [6.07, 6.45) is 0.215. The van der Waals surface area contributed by atoms with Crippen molar-refractivity contribution in [1.82, 2.24) is 10.2 Å². The Morgan fingerprint density at radius 3 is 2.42 bits per heavy atom. The number of carbonyl (C=O) groups is 2. The Morgan fingerprint density at radius 1 is 1.11 bits per heavy atom. The van der Waals surface area contributed by atoms with E-state index in [1.807, 2.05) is 36.3 Å². The van der Waals surface area contributed by atoms with Crippen LogP contribution in [-0.2, 0) is 9.59 Å². The van der Waals surface area contributed by atoms with Gasteiger partial charge in [-0.25, -0.2) is 4.99 Å². The Labute approximate surface area is 216 Å². The highest BCUT2D eigenvalue weighted by atomic mass is 32.2. The number of aliphatic imine (C=N–C) groups is 1. The molecule has 0 bridgehead atoms. The third kappa shape index (κ3) is 5.33. The lowest BCUT2D eigenvalue weighted by atomic mass is 9.91. The molecule has 2 amide bonds. The number of amidine groups is 1. The Balaban J connectivity index is 1.73. The number of hydrogen-bond acceptors (Lipinski definition) is 6. The standard InChI is InChI=1S/C28H32N4O3S/c1-6-29-24(33)15-22-16-36-28-30-18(4)25(27(34)31-21-11-13-23(35-5)14-12-21)26(32(22)28)20-9-7-19(8-10-20)17(2)3/h7-14,16-17,26H,6,15H2,1-5H3,(H,29,33)(H,31,34). The Morgan fingerprint density at radius 2 is 1.81 bits per heavy atom. The zero-order valence-electron chi connectivity index (χ0n) is 21.3. The van der Waals surface area contributed by atoms with Gasteiger partial charge in [-0.2, -0.15) is 0 Å². The first-order valence-electron chi connectivity index (χ1n) is 12.1. The van der Waals surface area contributed by atoms with Gasteiger partial charge in [-0.05, 0) is 60.6 Å². The van der Waals surface area contributed by atoms with Crippen molar-refractivity contribution >= 4 is 34.4 Å². The third-order valence-electron chi connectivity index (χ3n) is 6.23. The molecule has 2 N–H and O–H groups in total. The average molecular weight is 505 g/mol. The van der Waals surface area contributed by atoms with Crippen molar-refractivity contribution in [3.05, 3.63) is 82.0 Å². The van der Waals surface area contributed by atoms with E-state index >= 15 is 0 Å². The first-order chi connectivity index (χ1) is 17.3. The molecule has 0 aromatic heterocycles. The maximum absolute atomic E-state index is 13.7. The minimum atomic E-state index is -0.410. The summed E-state index contributed by atoms with van der Waals surface area (Å²) < 4.78 is 5.23. The van der Waals surface area contributed by atoms with Crippen LogP contribution in [0.15, 0.2) is 75.9 Å². The molecule has 4 rings (SSSR count). The average Bonchev–Trinajstić information content (AvgIpc) is 3.25. The van der Waals surface area contributed by atoms with E-state index in [-0.39, 0.29) is 18.2 Å². The van der Waals surface area contributed by atoms with Crippen molar-refractivity contribution in [2.45, 2.75) is 46.1 Å². The molecule has 0 saturated heterocycles. The van der Waals surface area contributed by atoms with Gasteiger partial charge in [0.05, 0.1) is 30.8 Å². The summed E-state index contributed by atoms with van der Waals surface area (Å²) in [5.41, 5.74) is 4.89. The molecule has 2 heterocycles. The Bertz CT molecular complexity index is 1230. The van der Waals surface area contributed by atoms with Gasteiger partial charge in [-0.15, -0.1) is 0 Å². The Hall–Kier alpha value is -3.52. The summed E-state index contributed by atoms with van der Waals surface area (Å²) >= 11 is 1.48. The van der Waals surface area contributed by atoms with E-state index in [1.54, 1.807) is 19.2 Å². The van der Waals surface area contributed by atoms with Crippen molar-refractivity contribution in [1.29, 1.82) is 0 Å². The number of fused-ring (bicyclic) bond motifs is 1. The molecule has 188 valence electrons. The fourth-order valence-corrected chi connectivity index (χ4v) is 5.30. The summed E-state index contributed by atoms with van der Waals surface area (Å²) in [7, 11) is 1.61. The number of amides is 2. The number of hydrogen-bond donors (Lipinski definition) is 2. The minimum Gasteiger partial charge on any atom is -0.497 e. The van der Waals surface area contributed by atoms with Crippen LogP contribution in [0.4, 0.5) is 5.69 Å². The summed E-state index contributed by atoms with van der Waals surface area (Å²) in [6.45, 7) is 8.64. The quantitative estimate of drug-likeness (QED) is 0.492. The number of rotatable bonds is 8. The lowest BCUT2D eigenvalue weighted by Gasteiger charge is -2.36. The monoisotopic (exact) mass is 504 g/mol. The molecule has 0 saturated carbocycles. The van der Waals surface area contributed by atoms with E-state index in [0.717, 1.165) is 16.4 Å². The number of carbonyl (C=O) groups excluding carboxylic acids is 2. The van der Waals surface area contributed by atoms with E-state index in [9.17, 15) is 9.59 Å². The van der Waals surface area contributed by atoms with Gasteiger partial charge >= 0.3 is 0 Å². The highest BCUT2D eigenvalue weighted by Crippen LogP contribution is 2.45. The van der Waals surface area contributed by atoms with Crippen molar-refractivity contribution in [2.24, 2.45) is 4.99 Å². The molecule has 2 aliphatic heterocycles. The summed E-state index contributed by atoms with van der Waals surface area (Å²) in [6, 6.07) is 15.2. The largest absolute Gasteiger partial charge is 0.497 e. The number of benzene rings is 2. The zero-order valence-corrected chi connectivity index (χ0v) is 22.1. The van der Waals surface area contributed by atoms with Crippen LogP contribution in [0.1, 0.15) is 57.2 Å². The second kappa shape index (κ2) is 11.0. The molecule has 0 radical (unpaired) electrons. The van der Waals surface area contributed by atoms with Crippen LogP contribution in [0.5, 0.6) is 5.75 Å². The van der Waals surface area contributed by atoms with Gasteiger partial charge in [-0.1, -0.05) is 49.9 Å². The number of anilines is 1. The lowest BCUT2D eigenvalue weighted by Crippen LogP contribution is -2.38. The topological polar surface area (TPSA) is 83.0 Å². The van der Waals surface area contributed by atoms with Gasteiger partial charge in [0, 0.05) is 17.9 Å². The second-order valence-corrected chi connectivity index (χ2v) is 9.86. The van der Waals surface area contributed by atoms with Gasteiger partial charge in [0.2, 0.25) is 5.91 Å². The van der Waals surface area contributed by atoms with Crippen molar-refractivity contribution in [3.8, 4) is 5.75 Å². The van der Waals surface area contributed by atoms with Gasteiger partial charge in [0.1, 0.15) is 5.75 Å². The van der Waals surface area contributed by atoms with Gasteiger partial charge in [0.25, 0.3) is 5.91 Å². The molecule has 8 heteroatoms. The molecule has 2 aromatic carbocycles. The molecule has 7 nitrogen and oxygen atoms in total. The predicted octanol–water partition coefficient (Wildman–Crippen LogP) is 5.56. The van der Waals surface area contributed by atoms with Crippen LogP contribution in [0.3, 0.4) is 0 Å². The number of thioether (sulfide) groups is 1. The molecule has 0 spiro atoms. The maximum Gasteiger partial charge on any atom is 0.255 e. The normalized spacial score (nSPS) is 16.9. The highest BCUT2D eigenvalue weighted by molar-refractivity contribution is 8.16. The number of nitrogens with one attached hydrogen (secondary N) is 2. The number of ether oxygens (including phenoxy) is 1. The predicted molar refractivity (Wildman–Crippen MR) is 146 cm³/mol. The molecule has 2 aromatic rings. The molecule has 0 aliphatic carbocycles. The highest BCUT2D eigenvalue weighted by Gasteiger charge is 2.40. The number of methoxy groups -OCH3 is 1. The molecular weight excluding hydrogens is 472 g/mol.